The molecule has 0 bridgehead atoms. The van der Waals surface area contributed by atoms with Crippen molar-refractivity contribution < 1.29 is 19.1 Å². The van der Waals surface area contributed by atoms with Gasteiger partial charge in [-0.2, -0.15) is 0 Å². The number of hydrogen-bond acceptors (Lipinski definition) is 6. The van der Waals surface area contributed by atoms with E-state index in [2.05, 4.69) is 10.3 Å². The Balaban J connectivity index is 1.62. The molecule has 0 spiro atoms. The van der Waals surface area contributed by atoms with Crippen LogP contribution in [-0.4, -0.2) is 46.9 Å². The first-order chi connectivity index (χ1) is 12.0. The maximum absolute atomic E-state index is 12.5. The maximum Gasteiger partial charge on any atom is 0.350 e. The molecule has 2 heterocycles. The van der Waals surface area contributed by atoms with Crippen molar-refractivity contribution >= 4 is 34.3 Å². The highest BCUT2D eigenvalue weighted by Crippen LogP contribution is 2.30. The summed E-state index contributed by atoms with van der Waals surface area (Å²) in [5, 5.41) is 3.13. The van der Waals surface area contributed by atoms with E-state index in [0.29, 0.717) is 34.9 Å². The third-order valence-corrected chi connectivity index (χ3v) is 5.84. The van der Waals surface area contributed by atoms with Gasteiger partial charge in [0.25, 0.3) is 0 Å². The van der Waals surface area contributed by atoms with Gasteiger partial charge in [-0.25, -0.2) is 9.78 Å². The minimum Gasteiger partial charge on any atom is -0.462 e. The smallest absolute Gasteiger partial charge is 0.350 e. The second-order valence-corrected chi connectivity index (χ2v) is 7.53. The average molecular weight is 365 g/mol. The van der Waals surface area contributed by atoms with E-state index in [1.54, 1.807) is 13.8 Å². The second kappa shape index (κ2) is 7.51. The van der Waals surface area contributed by atoms with Crippen molar-refractivity contribution in [2.24, 2.45) is 5.92 Å². The topological polar surface area (TPSA) is 88.6 Å². The summed E-state index contributed by atoms with van der Waals surface area (Å²) in [6.07, 6.45) is 4.63. The van der Waals surface area contributed by atoms with Crippen LogP contribution in [0, 0.1) is 12.8 Å². The van der Waals surface area contributed by atoms with E-state index in [9.17, 15) is 14.4 Å². The summed E-state index contributed by atoms with van der Waals surface area (Å²) in [7, 11) is 0. The predicted octanol–water partition coefficient (Wildman–Crippen LogP) is 2.36. The molecule has 1 saturated heterocycles. The molecule has 1 aromatic rings. The number of anilines is 1. The average Bonchev–Trinajstić information content (AvgIpc) is 3.27. The SMILES string of the molecule is CCOC(=O)c1sc(NC(=O)C2CC(=O)N(C3CCCC3)C2)nc1C. The number of ether oxygens (including phenoxy) is 1. The Bertz CT molecular complexity index is 681. The highest BCUT2D eigenvalue weighted by molar-refractivity contribution is 7.17. The Kier molecular flexibility index (Phi) is 5.36. The molecule has 8 heteroatoms. The summed E-state index contributed by atoms with van der Waals surface area (Å²) in [4.78, 5) is 43.0. The van der Waals surface area contributed by atoms with Gasteiger partial charge in [0.2, 0.25) is 11.8 Å². The van der Waals surface area contributed by atoms with Gasteiger partial charge in [-0.1, -0.05) is 24.2 Å². The molecule has 3 rings (SSSR count). The lowest BCUT2D eigenvalue weighted by Gasteiger charge is -2.23. The zero-order chi connectivity index (χ0) is 18.0. The van der Waals surface area contributed by atoms with Crippen molar-refractivity contribution in [1.82, 2.24) is 9.88 Å². The number of nitrogens with one attached hydrogen (secondary N) is 1. The minimum atomic E-state index is -0.429. The maximum atomic E-state index is 12.5. The molecule has 2 aliphatic rings. The van der Waals surface area contributed by atoms with Crippen LogP contribution in [0.25, 0.3) is 0 Å². The van der Waals surface area contributed by atoms with Gasteiger partial charge < -0.3 is 15.0 Å². The summed E-state index contributed by atoms with van der Waals surface area (Å²) in [5.41, 5.74) is 0.536. The highest BCUT2D eigenvalue weighted by Gasteiger charge is 2.38. The van der Waals surface area contributed by atoms with Crippen molar-refractivity contribution in [3.05, 3.63) is 10.6 Å². The number of hydrogen-bond donors (Lipinski definition) is 1. The Morgan fingerprint density at radius 2 is 2.08 bits per heavy atom. The molecule has 1 N–H and O–H groups in total. The third-order valence-electron chi connectivity index (χ3n) is 4.78. The fraction of sp³-hybridized carbons (Fsp3) is 0.647. The molecule has 1 aliphatic carbocycles. The number of likely N-dealkylation sites (tertiary alicyclic amines) is 1. The van der Waals surface area contributed by atoms with Crippen LogP contribution in [0.5, 0.6) is 0 Å². The molecular weight excluding hydrogens is 342 g/mol. The predicted molar refractivity (Wildman–Crippen MR) is 93.5 cm³/mol. The molecule has 2 fully saturated rings. The first kappa shape index (κ1) is 17.8. The van der Waals surface area contributed by atoms with Gasteiger partial charge in [0.15, 0.2) is 5.13 Å². The van der Waals surface area contributed by atoms with Crippen LogP contribution >= 0.6 is 11.3 Å². The third kappa shape index (κ3) is 3.84. The largest absolute Gasteiger partial charge is 0.462 e. The molecule has 1 atom stereocenters. The first-order valence-corrected chi connectivity index (χ1v) is 9.56. The standard InChI is InChI=1S/C17H23N3O4S/c1-3-24-16(23)14-10(2)18-17(25-14)19-15(22)11-8-13(21)20(9-11)12-6-4-5-7-12/h11-12H,3-9H2,1-2H3,(H,18,19,22). The van der Waals surface area contributed by atoms with Crippen molar-refractivity contribution in [2.75, 3.05) is 18.5 Å². The number of carbonyl (C=O) groups excluding carboxylic acids is 3. The Hall–Kier alpha value is -1.96. The molecule has 136 valence electrons. The van der Waals surface area contributed by atoms with E-state index in [4.69, 9.17) is 4.74 Å². The monoisotopic (exact) mass is 365 g/mol. The van der Waals surface area contributed by atoms with Crippen LogP contribution in [0.15, 0.2) is 0 Å². The summed E-state index contributed by atoms with van der Waals surface area (Å²) in [6, 6.07) is 0.294. The molecular formula is C17H23N3O4S. The number of rotatable bonds is 5. The van der Waals surface area contributed by atoms with Crippen LogP contribution in [0.2, 0.25) is 0 Å². The zero-order valence-corrected chi connectivity index (χ0v) is 15.4. The van der Waals surface area contributed by atoms with Gasteiger partial charge in [-0.15, -0.1) is 0 Å². The number of thiazole rings is 1. The molecule has 0 aromatic carbocycles. The number of carbonyl (C=O) groups is 3. The van der Waals surface area contributed by atoms with E-state index in [-0.39, 0.29) is 24.2 Å². The molecule has 2 amide bonds. The molecule has 0 radical (unpaired) electrons. The quantitative estimate of drug-likeness (QED) is 0.809. The number of aromatic nitrogens is 1. The van der Waals surface area contributed by atoms with Gasteiger partial charge in [-0.05, 0) is 26.7 Å². The fourth-order valence-corrected chi connectivity index (χ4v) is 4.38. The molecule has 1 saturated carbocycles. The summed E-state index contributed by atoms with van der Waals surface area (Å²) in [5.74, 6) is -0.933. The highest BCUT2D eigenvalue weighted by atomic mass is 32.1. The van der Waals surface area contributed by atoms with Crippen LogP contribution in [0.1, 0.15) is 54.4 Å². The minimum absolute atomic E-state index is 0.0644. The van der Waals surface area contributed by atoms with Crippen LogP contribution in [0.3, 0.4) is 0 Å². The lowest BCUT2D eigenvalue weighted by atomic mass is 10.1. The normalized spacial score (nSPS) is 21.0. The van der Waals surface area contributed by atoms with Crippen molar-refractivity contribution in [3.8, 4) is 0 Å². The molecule has 1 unspecified atom stereocenters. The van der Waals surface area contributed by atoms with Gasteiger partial charge >= 0.3 is 5.97 Å². The van der Waals surface area contributed by atoms with Crippen molar-refractivity contribution in [1.29, 1.82) is 0 Å². The molecule has 7 nitrogen and oxygen atoms in total. The van der Waals surface area contributed by atoms with Gasteiger partial charge in [0, 0.05) is 19.0 Å². The molecule has 1 aliphatic heterocycles. The Morgan fingerprint density at radius 1 is 1.36 bits per heavy atom. The molecule has 1 aromatic heterocycles. The lowest BCUT2D eigenvalue weighted by Crippen LogP contribution is -2.35. The number of aryl methyl sites for hydroxylation is 1. The number of amides is 2. The van der Waals surface area contributed by atoms with Crippen molar-refractivity contribution in [2.45, 2.75) is 52.0 Å². The second-order valence-electron chi connectivity index (χ2n) is 6.53. The number of nitrogens with zero attached hydrogens (tertiary/aromatic N) is 2. The van der Waals surface area contributed by atoms with E-state index < -0.39 is 5.97 Å². The van der Waals surface area contributed by atoms with E-state index in [1.807, 2.05) is 4.90 Å². The van der Waals surface area contributed by atoms with E-state index in [0.717, 1.165) is 37.0 Å². The summed E-state index contributed by atoms with van der Waals surface area (Å²) in [6.45, 7) is 4.22. The zero-order valence-electron chi connectivity index (χ0n) is 14.5. The van der Waals surface area contributed by atoms with Crippen LogP contribution < -0.4 is 5.32 Å². The van der Waals surface area contributed by atoms with Gasteiger partial charge in [0.05, 0.1) is 18.2 Å². The molecule has 25 heavy (non-hydrogen) atoms. The lowest BCUT2D eigenvalue weighted by molar-refractivity contribution is -0.129. The Morgan fingerprint density at radius 3 is 2.76 bits per heavy atom. The van der Waals surface area contributed by atoms with Crippen LogP contribution in [-0.2, 0) is 14.3 Å². The van der Waals surface area contributed by atoms with Crippen LogP contribution in [0.4, 0.5) is 5.13 Å². The first-order valence-electron chi connectivity index (χ1n) is 8.74. The summed E-state index contributed by atoms with van der Waals surface area (Å²) < 4.78 is 4.98. The van der Waals surface area contributed by atoms with E-state index in [1.165, 1.54) is 0 Å². The van der Waals surface area contributed by atoms with E-state index >= 15 is 0 Å². The van der Waals surface area contributed by atoms with Crippen molar-refractivity contribution in [3.63, 3.8) is 0 Å². The Labute approximate surface area is 150 Å². The fourth-order valence-electron chi connectivity index (χ4n) is 3.52. The number of esters is 1. The van der Waals surface area contributed by atoms with Gasteiger partial charge in [0.1, 0.15) is 4.88 Å². The van der Waals surface area contributed by atoms with Gasteiger partial charge in [-0.3, -0.25) is 9.59 Å². The summed E-state index contributed by atoms with van der Waals surface area (Å²) >= 11 is 1.11.